The monoisotopic (exact) mass is 545 g/mol. The van der Waals surface area contributed by atoms with Gasteiger partial charge in [0.05, 0.1) is 22.2 Å². The van der Waals surface area contributed by atoms with Crippen LogP contribution in [0.1, 0.15) is 0 Å². The van der Waals surface area contributed by atoms with E-state index in [0.717, 1.165) is 54.8 Å². The molecule has 0 N–H and O–H groups in total. The van der Waals surface area contributed by atoms with Crippen LogP contribution in [0.15, 0.2) is 146 Å². The number of benzene rings is 5. The van der Waals surface area contributed by atoms with E-state index < -0.39 is 7.14 Å². The topological polar surface area (TPSA) is 47.3 Å². The first-order chi connectivity index (χ1) is 20.2. The molecule has 194 valence electrons. The van der Waals surface area contributed by atoms with Gasteiger partial charge in [0.1, 0.15) is 5.65 Å². The molecule has 0 unspecified atom stereocenters. The molecule has 0 bridgehead atoms. The van der Waals surface area contributed by atoms with Crippen LogP contribution in [0, 0.1) is 0 Å². The number of imidazole rings is 1. The molecule has 8 rings (SSSR count). The van der Waals surface area contributed by atoms with Crippen LogP contribution < -0.4 is 15.9 Å². The molecule has 5 aromatic carbocycles. The highest BCUT2D eigenvalue weighted by atomic mass is 31.2. The quantitative estimate of drug-likeness (QED) is 0.170. The lowest BCUT2D eigenvalue weighted by Gasteiger charge is -2.20. The van der Waals surface area contributed by atoms with Crippen molar-refractivity contribution in [2.45, 2.75) is 0 Å². The summed E-state index contributed by atoms with van der Waals surface area (Å²) < 4.78 is 17.0. The molecule has 0 radical (unpaired) electrons. The van der Waals surface area contributed by atoms with Gasteiger partial charge in [-0.2, -0.15) is 0 Å². The van der Waals surface area contributed by atoms with Gasteiger partial charge in [0.2, 0.25) is 0 Å². The second-order valence-corrected chi connectivity index (χ2v) is 13.0. The second kappa shape index (κ2) is 9.26. The molecule has 3 aromatic heterocycles. The lowest BCUT2D eigenvalue weighted by atomic mass is 10.0. The van der Waals surface area contributed by atoms with E-state index in [-0.39, 0.29) is 0 Å². The summed E-state index contributed by atoms with van der Waals surface area (Å²) in [6.45, 7) is 0. The summed E-state index contributed by atoms with van der Waals surface area (Å²) in [4.78, 5) is 9.91. The van der Waals surface area contributed by atoms with Crippen molar-refractivity contribution in [2.75, 3.05) is 0 Å². The Morgan fingerprint density at radius 2 is 1.20 bits per heavy atom. The molecule has 0 aliphatic carbocycles. The largest absolute Gasteiger partial charge is 0.309 e. The van der Waals surface area contributed by atoms with Crippen molar-refractivity contribution in [3.63, 3.8) is 0 Å². The van der Waals surface area contributed by atoms with Crippen molar-refractivity contribution < 1.29 is 4.57 Å². The number of nitrogens with zero attached hydrogens (tertiary/aromatic N) is 3. The zero-order chi connectivity index (χ0) is 27.4. The van der Waals surface area contributed by atoms with Crippen molar-refractivity contribution in [1.82, 2.24) is 14.4 Å². The first-order valence-electron chi connectivity index (χ1n) is 13.6. The average molecular weight is 546 g/mol. The third-order valence-corrected chi connectivity index (χ3v) is 10.9. The summed E-state index contributed by atoms with van der Waals surface area (Å²) in [5.74, 6) is 0. The van der Waals surface area contributed by atoms with E-state index in [4.69, 9.17) is 9.97 Å². The van der Waals surface area contributed by atoms with Gasteiger partial charge in [-0.3, -0.25) is 9.38 Å². The van der Waals surface area contributed by atoms with Crippen LogP contribution in [0.25, 0.3) is 49.6 Å². The van der Waals surface area contributed by atoms with Crippen LogP contribution in [0.3, 0.4) is 0 Å². The molecular formula is C36H24N3OP. The predicted octanol–water partition coefficient (Wildman–Crippen LogP) is 7.50. The van der Waals surface area contributed by atoms with Crippen molar-refractivity contribution >= 4 is 61.4 Å². The molecule has 0 spiro atoms. The smallest absolute Gasteiger partial charge is 0.172 e. The van der Waals surface area contributed by atoms with Crippen molar-refractivity contribution in [2.24, 2.45) is 0 Å². The molecule has 4 nitrogen and oxygen atoms in total. The van der Waals surface area contributed by atoms with Crippen LogP contribution in [0.2, 0.25) is 0 Å². The fourth-order valence-corrected chi connectivity index (χ4v) is 8.52. The molecule has 0 amide bonds. The van der Waals surface area contributed by atoms with E-state index in [1.807, 2.05) is 78.9 Å². The molecule has 41 heavy (non-hydrogen) atoms. The zero-order valence-corrected chi connectivity index (χ0v) is 22.9. The van der Waals surface area contributed by atoms with E-state index in [0.29, 0.717) is 5.30 Å². The maximum atomic E-state index is 14.7. The molecule has 3 heterocycles. The van der Waals surface area contributed by atoms with E-state index in [9.17, 15) is 4.57 Å². The Morgan fingerprint density at radius 1 is 0.537 bits per heavy atom. The summed E-state index contributed by atoms with van der Waals surface area (Å²) in [6, 6.07) is 46.6. The summed E-state index contributed by atoms with van der Waals surface area (Å²) >= 11 is 0. The standard InChI is InChI=1S/C36H24N3OP/c40-41(26-11-3-1-4-12-26,27-13-5-2-6-14-27)28-20-22-32(37-24-28)25-19-21-29-30-15-7-9-17-34(30)39-35-18-10-8-16-33(35)38-36(39)31(29)23-25/h1-24H. The number of hydrogen-bond donors (Lipinski definition) is 0. The minimum Gasteiger partial charge on any atom is -0.309 e. The fraction of sp³-hybridized carbons (Fsp3) is 0. The molecule has 0 fully saturated rings. The third-order valence-electron chi connectivity index (χ3n) is 7.90. The minimum absolute atomic E-state index is 0.715. The lowest BCUT2D eigenvalue weighted by Crippen LogP contribution is -2.25. The Balaban J connectivity index is 1.31. The number of aromatic nitrogens is 3. The molecule has 0 aliphatic rings. The van der Waals surface area contributed by atoms with Crippen molar-refractivity contribution in [3.05, 3.63) is 146 Å². The number of fused-ring (bicyclic) bond motifs is 8. The molecule has 0 saturated carbocycles. The summed E-state index contributed by atoms with van der Waals surface area (Å²) in [7, 11) is -3.08. The Morgan fingerprint density at radius 3 is 1.90 bits per heavy atom. The van der Waals surface area contributed by atoms with Crippen LogP contribution in [0.4, 0.5) is 0 Å². The van der Waals surface area contributed by atoms with E-state index >= 15 is 0 Å². The SMILES string of the molecule is O=P(c1ccccc1)(c1ccccc1)c1ccc(-c2ccc3c4ccccc4n4c5ccccc5nc4c3c2)nc1. The Bertz CT molecular complexity index is 2230. The van der Waals surface area contributed by atoms with Gasteiger partial charge in [0.25, 0.3) is 0 Å². The van der Waals surface area contributed by atoms with Gasteiger partial charge in [-0.05, 0) is 41.8 Å². The van der Waals surface area contributed by atoms with Gasteiger partial charge in [0.15, 0.2) is 7.14 Å². The molecule has 8 aromatic rings. The Labute approximate surface area is 236 Å². The van der Waals surface area contributed by atoms with Gasteiger partial charge >= 0.3 is 0 Å². The Hall–Kier alpha value is -5.05. The van der Waals surface area contributed by atoms with Gasteiger partial charge in [-0.1, -0.05) is 103 Å². The first-order valence-corrected chi connectivity index (χ1v) is 15.3. The fourth-order valence-electron chi connectivity index (χ4n) is 5.94. The lowest BCUT2D eigenvalue weighted by molar-refractivity contribution is 0.592. The highest BCUT2D eigenvalue weighted by molar-refractivity contribution is 7.85. The highest BCUT2D eigenvalue weighted by Gasteiger charge is 2.30. The molecular weight excluding hydrogens is 521 g/mol. The van der Waals surface area contributed by atoms with E-state index in [2.05, 4.69) is 65.1 Å². The summed E-state index contributed by atoms with van der Waals surface area (Å²) in [6.07, 6.45) is 1.78. The third kappa shape index (κ3) is 3.65. The minimum atomic E-state index is -3.08. The molecule has 5 heteroatoms. The maximum absolute atomic E-state index is 14.7. The van der Waals surface area contributed by atoms with Gasteiger partial charge < -0.3 is 4.57 Å². The molecule has 0 aliphatic heterocycles. The molecule has 0 atom stereocenters. The summed E-state index contributed by atoms with van der Waals surface area (Å²) in [5, 5.41) is 5.72. The van der Waals surface area contributed by atoms with Crippen LogP contribution >= 0.6 is 7.14 Å². The molecule has 0 saturated heterocycles. The van der Waals surface area contributed by atoms with Crippen molar-refractivity contribution in [3.8, 4) is 11.3 Å². The number of hydrogen-bond acceptors (Lipinski definition) is 3. The number of rotatable bonds is 4. The van der Waals surface area contributed by atoms with Crippen LogP contribution in [-0.2, 0) is 4.57 Å². The summed E-state index contributed by atoms with van der Waals surface area (Å²) in [5.41, 5.74) is 5.93. The predicted molar refractivity (Wildman–Crippen MR) is 170 cm³/mol. The van der Waals surface area contributed by atoms with Gasteiger partial charge in [-0.25, -0.2) is 4.98 Å². The number of para-hydroxylation sites is 3. The second-order valence-electron chi connectivity index (χ2n) is 10.2. The Kier molecular flexibility index (Phi) is 5.38. The normalized spacial score (nSPS) is 12.0. The average Bonchev–Trinajstić information content (AvgIpc) is 3.45. The number of pyridine rings is 2. The van der Waals surface area contributed by atoms with E-state index in [1.165, 1.54) is 5.39 Å². The zero-order valence-electron chi connectivity index (χ0n) is 22.1. The van der Waals surface area contributed by atoms with E-state index in [1.54, 1.807) is 6.20 Å². The van der Waals surface area contributed by atoms with Crippen molar-refractivity contribution in [1.29, 1.82) is 0 Å². The van der Waals surface area contributed by atoms with Gasteiger partial charge in [-0.15, -0.1) is 0 Å². The van der Waals surface area contributed by atoms with Crippen LogP contribution in [-0.4, -0.2) is 14.4 Å². The first kappa shape index (κ1) is 23.8. The highest BCUT2D eigenvalue weighted by Crippen LogP contribution is 2.42. The van der Waals surface area contributed by atoms with Gasteiger partial charge in [0, 0.05) is 38.4 Å². The van der Waals surface area contributed by atoms with Crippen LogP contribution in [0.5, 0.6) is 0 Å². The maximum Gasteiger partial charge on any atom is 0.172 e.